The topological polar surface area (TPSA) is 95.0 Å². The van der Waals surface area contributed by atoms with Crippen molar-refractivity contribution in [2.45, 2.75) is 37.5 Å². The SMILES string of the molecule is COc1ccc2c3c([nH]c2c1)C1CC2C(CC(O)C(OC)C2C(=O)O)CN1CC3.[Cl-]. The number of hydrogen-bond acceptors (Lipinski definition) is 5. The van der Waals surface area contributed by atoms with Crippen LogP contribution in [0.5, 0.6) is 5.75 Å². The molecule has 0 bridgehead atoms. The van der Waals surface area contributed by atoms with Crippen molar-refractivity contribution in [2.75, 3.05) is 27.3 Å². The van der Waals surface area contributed by atoms with Crippen LogP contribution in [-0.4, -0.2) is 65.6 Å². The summed E-state index contributed by atoms with van der Waals surface area (Å²) >= 11 is 0. The molecule has 2 aromatic rings. The van der Waals surface area contributed by atoms with E-state index in [2.05, 4.69) is 16.0 Å². The fraction of sp³-hybridized carbons (Fsp3) is 0.591. The van der Waals surface area contributed by atoms with Crippen molar-refractivity contribution in [1.29, 1.82) is 0 Å². The summed E-state index contributed by atoms with van der Waals surface area (Å²) in [5.74, 6) is -0.539. The fourth-order valence-corrected chi connectivity index (χ4v) is 6.15. The highest BCUT2D eigenvalue weighted by molar-refractivity contribution is 5.86. The van der Waals surface area contributed by atoms with Crippen molar-refractivity contribution < 1.29 is 36.9 Å². The van der Waals surface area contributed by atoms with E-state index in [4.69, 9.17) is 9.47 Å². The lowest BCUT2D eigenvalue weighted by atomic mass is 9.64. The van der Waals surface area contributed by atoms with Gasteiger partial charge in [0.25, 0.3) is 0 Å². The zero-order valence-corrected chi connectivity index (χ0v) is 17.9. The Morgan fingerprint density at radius 1 is 1.27 bits per heavy atom. The van der Waals surface area contributed by atoms with Gasteiger partial charge in [-0.25, -0.2) is 0 Å². The molecule has 1 aromatic carbocycles. The van der Waals surface area contributed by atoms with E-state index in [9.17, 15) is 15.0 Å². The Labute approximate surface area is 181 Å². The highest BCUT2D eigenvalue weighted by atomic mass is 35.5. The number of H-pyrrole nitrogens is 1. The van der Waals surface area contributed by atoms with Gasteiger partial charge in [-0.1, -0.05) is 0 Å². The molecule has 30 heavy (non-hydrogen) atoms. The standard InChI is InChI=1S/C22H28N2O5.ClH/c1-28-12-3-4-13-14-5-6-24-10-11-7-18(25)21(29-2)19(22(26)27)15(11)9-17(24)20(14)23-16(13)8-12;/h3-4,8,11,15,17-19,21,23,25H,5-7,9-10H2,1-2H3,(H,26,27);1H/p-1. The van der Waals surface area contributed by atoms with Crippen LogP contribution in [0.2, 0.25) is 0 Å². The van der Waals surface area contributed by atoms with Crippen LogP contribution in [0.4, 0.5) is 0 Å². The van der Waals surface area contributed by atoms with Gasteiger partial charge in [-0.3, -0.25) is 9.69 Å². The second-order valence-corrected chi connectivity index (χ2v) is 8.72. The number of nitrogens with one attached hydrogen (secondary N) is 1. The number of nitrogens with zero attached hydrogens (tertiary/aromatic N) is 1. The number of carboxylic acid groups (broad SMARTS) is 1. The summed E-state index contributed by atoms with van der Waals surface area (Å²) in [6.07, 6.45) is 0.981. The largest absolute Gasteiger partial charge is 1.00 e. The molecule has 1 saturated heterocycles. The molecule has 0 spiro atoms. The summed E-state index contributed by atoms with van der Waals surface area (Å²) in [7, 11) is 3.17. The first-order chi connectivity index (χ1) is 14.0. The number of halogens is 1. The van der Waals surface area contributed by atoms with E-state index in [-0.39, 0.29) is 30.3 Å². The number of methoxy groups -OCH3 is 2. The highest BCUT2D eigenvalue weighted by Crippen LogP contribution is 2.49. The first-order valence-electron chi connectivity index (χ1n) is 10.4. The van der Waals surface area contributed by atoms with Crippen molar-refractivity contribution >= 4 is 16.9 Å². The second kappa shape index (κ2) is 8.04. The van der Waals surface area contributed by atoms with Crippen molar-refractivity contribution in [2.24, 2.45) is 17.8 Å². The smallest absolute Gasteiger partial charge is 0.309 e. The maximum absolute atomic E-state index is 12.1. The molecule has 164 valence electrons. The number of aromatic nitrogens is 1. The van der Waals surface area contributed by atoms with Crippen LogP contribution in [-0.2, 0) is 16.0 Å². The molecule has 6 unspecified atom stereocenters. The minimum Gasteiger partial charge on any atom is -1.00 e. The number of aliphatic carboxylic acids is 1. The number of aliphatic hydroxyl groups is 1. The highest BCUT2D eigenvalue weighted by Gasteiger charge is 2.52. The van der Waals surface area contributed by atoms with Gasteiger partial charge in [0, 0.05) is 42.9 Å². The van der Waals surface area contributed by atoms with E-state index in [0.717, 1.165) is 37.2 Å². The summed E-state index contributed by atoms with van der Waals surface area (Å²) in [6.45, 7) is 1.78. The molecule has 3 aliphatic rings. The first kappa shape index (κ1) is 21.4. The molecule has 2 fully saturated rings. The van der Waals surface area contributed by atoms with Gasteiger partial charge in [-0.05, 0) is 48.8 Å². The summed E-state index contributed by atoms with van der Waals surface area (Å²) in [5.41, 5.74) is 3.62. The van der Waals surface area contributed by atoms with E-state index in [0.29, 0.717) is 6.42 Å². The van der Waals surface area contributed by atoms with Gasteiger partial charge in [0.1, 0.15) is 5.75 Å². The fourth-order valence-electron chi connectivity index (χ4n) is 6.15. The van der Waals surface area contributed by atoms with Gasteiger partial charge in [-0.15, -0.1) is 0 Å². The molecule has 3 N–H and O–H groups in total. The maximum Gasteiger partial charge on any atom is 0.309 e. The minimum absolute atomic E-state index is 0. The predicted octanol–water partition coefficient (Wildman–Crippen LogP) is -0.804. The van der Waals surface area contributed by atoms with Crippen LogP contribution >= 0.6 is 0 Å². The Morgan fingerprint density at radius 3 is 2.77 bits per heavy atom. The second-order valence-electron chi connectivity index (χ2n) is 8.72. The molecule has 5 rings (SSSR count). The molecule has 1 saturated carbocycles. The zero-order chi connectivity index (χ0) is 20.3. The molecular formula is C22H28ClN2O5-. The Kier molecular flexibility index (Phi) is 5.74. The molecular weight excluding hydrogens is 408 g/mol. The van der Waals surface area contributed by atoms with E-state index >= 15 is 0 Å². The van der Waals surface area contributed by atoms with Gasteiger partial charge >= 0.3 is 5.97 Å². The quantitative estimate of drug-likeness (QED) is 0.584. The summed E-state index contributed by atoms with van der Waals surface area (Å²) < 4.78 is 10.8. The third kappa shape index (κ3) is 3.19. The van der Waals surface area contributed by atoms with Crippen molar-refractivity contribution in [1.82, 2.24) is 9.88 Å². The summed E-state index contributed by atoms with van der Waals surface area (Å²) in [6, 6.07) is 6.31. The van der Waals surface area contributed by atoms with E-state index in [1.165, 1.54) is 23.8 Å². The number of aromatic amines is 1. The number of ether oxygens (including phenoxy) is 2. The Morgan fingerprint density at radius 2 is 2.07 bits per heavy atom. The lowest BCUT2D eigenvalue weighted by Gasteiger charge is -2.52. The number of piperidine rings is 1. The van der Waals surface area contributed by atoms with Crippen LogP contribution in [0.3, 0.4) is 0 Å². The van der Waals surface area contributed by atoms with Crippen molar-refractivity contribution in [3.63, 3.8) is 0 Å². The lowest BCUT2D eigenvalue weighted by molar-refractivity contribution is -0.172. The molecule has 0 radical (unpaired) electrons. The zero-order valence-electron chi connectivity index (χ0n) is 17.2. The van der Waals surface area contributed by atoms with Crippen LogP contribution in [0.1, 0.15) is 30.1 Å². The van der Waals surface area contributed by atoms with E-state index in [1.54, 1.807) is 7.11 Å². The molecule has 6 atom stereocenters. The van der Waals surface area contributed by atoms with E-state index < -0.39 is 24.1 Å². The van der Waals surface area contributed by atoms with Crippen LogP contribution in [0, 0.1) is 17.8 Å². The van der Waals surface area contributed by atoms with Gasteiger partial charge in [0.15, 0.2) is 0 Å². The lowest BCUT2D eigenvalue weighted by Crippen LogP contribution is -3.00. The molecule has 1 aromatic heterocycles. The molecule has 2 aliphatic heterocycles. The van der Waals surface area contributed by atoms with Crippen LogP contribution < -0.4 is 17.1 Å². The number of rotatable bonds is 3. The maximum atomic E-state index is 12.1. The van der Waals surface area contributed by atoms with Gasteiger partial charge < -0.3 is 37.1 Å². The molecule has 8 heteroatoms. The Balaban J connectivity index is 0.00000218. The summed E-state index contributed by atoms with van der Waals surface area (Å²) in [4.78, 5) is 18.2. The number of carboxylic acids is 1. The van der Waals surface area contributed by atoms with Gasteiger partial charge in [0.05, 0.1) is 31.3 Å². The summed E-state index contributed by atoms with van der Waals surface area (Å²) in [5, 5.41) is 21.7. The van der Waals surface area contributed by atoms with Gasteiger partial charge in [-0.2, -0.15) is 0 Å². The minimum atomic E-state index is -0.864. The number of aliphatic hydroxyl groups excluding tert-OH is 1. The third-order valence-corrected chi connectivity index (χ3v) is 7.44. The third-order valence-electron chi connectivity index (χ3n) is 7.44. The number of benzene rings is 1. The number of carbonyl (C=O) groups is 1. The van der Waals surface area contributed by atoms with Gasteiger partial charge in [0.2, 0.25) is 0 Å². The monoisotopic (exact) mass is 435 g/mol. The normalized spacial score (nSPS) is 33.2. The molecule has 0 amide bonds. The first-order valence-corrected chi connectivity index (χ1v) is 10.4. The Bertz CT molecular complexity index is 947. The van der Waals surface area contributed by atoms with Crippen LogP contribution in [0.15, 0.2) is 18.2 Å². The predicted molar refractivity (Wildman–Crippen MR) is 107 cm³/mol. The Hall–Kier alpha value is -1.80. The molecule has 1 aliphatic carbocycles. The average Bonchev–Trinajstić information content (AvgIpc) is 3.09. The number of fused-ring (bicyclic) bond motifs is 6. The molecule has 7 nitrogen and oxygen atoms in total. The van der Waals surface area contributed by atoms with E-state index in [1.807, 2.05) is 12.1 Å². The number of hydrogen-bond donors (Lipinski definition) is 3. The van der Waals surface area contributed by atoms with Crippen molar-refractivity contribution in [3.8, 4) is 5.75 Å². The van der Waals surface area contributed by atoms with Crippen molar-refractivity contribution in [3.05, 3.63) is 29.5 Å². The molecule has 3 heterocycles. The average molecular weight is 436 g/mol. The van der Waals surface area contributed by atoms with Crippen LogP contribution in [0.25, 0.3) is 10.9 Å².